The maximum atomic E-state index is 10.2. The summed E-state index contributed by atoms with van der Waals surface area (Å²) in [7, 11) is 3.58. The molecular formula is C20H36N2O4. The molecule has 0 saturated heterocycles. The molecule has 0 aliphatic carbocycles. The van der Waals surface area contributed by atoms with Crippen LogP contribution in [-0.2, 0) is 6.54 Å². The van der Waals surface area contributed by atoms with E-state index < -0.39 is 6.10 Å². The first-order chi connectivity index (χ1) is 12.2. The Morgan fingerprint density at radius 1 is 1.23 bits per heavy atom. The van der Waals surface area contributed by atoms with Gasteiger partial charge in [-0.2, -0.15) is 0 Å². The van der Waals surface area contributed by atoms with Crippen LogP contribution in [-0.4, -0.2) is 67.7 Å². The number of nitrogens with one attached hydrogen (secondary N) is 1. The maximum Gasteiger partial charge on any atom is 0.161 e. The predicted molar refractivity (Wildman–Crippen MR) is 105 cm³/mol. The lowest BCUT2D eigenvalue weighted by Crippen LogP contribution is -2.37. The van der Waals surface area contributed by atoms with Crippen LogP contribution in [0.4, 0.5) is 0 Å². The fourth-order valence-electron chi connectivity index (χ4n) is 2.33. The molecule has 0 heterocycles. The number of aliphatic hydroxyl groups excluding tert-OH is 2. The Hall–Kier alpha value is -1.34. The number of rotatable bonds is 12. The van der Waals surface area contributed by atoms with Crippen molar-refractivity contribution in [1.29, 1.82) is 0 Å². The van der Waals surface area contributed by atoms with E-state index in [2.05, 4.69) is 24.1 Å². The van der Waals surface area contributed by atoms with E-state index in [0.717, 1.165) is 5.56 Å². The number of methoxy groups -OCH3 is 1. The van der Waals surface area contributed by atoms with Crippen LogP contribution < -0.4 is 14.8 Å². The van der Waals surface area contributed by atoms with Crippen LogP contribution in [0.1, 0.15) is 33.3 Å². The smallest absolute Gasteiger partial charge is 0.161 e. The molecule has 6 nitrogen and oxygen atoms in total. The van der Waals surface area contributed by atoms with Gasteiger partial charge >= 0.3 is 0 Å². The lowest BCUT2D eigenvalue weighted by atomic mass is 9.95. The third-order valence-electron chi connectivity index (χ3n) is 4.40. The summed E-state index contributed by atoms with van der Waals surface area (Å²) >= 11 is 0. The number of aliphatic hydroxyl groups is 2. The molecule has 0 aromatic heterocycles. The van der Waals surface area contributed by atoms with Crippen molar-refractivity contribution >= 4 is 0 Å². The zero-order chi connectivity index (χ0) is 19.7. The minimum Gasteiger partial charge on any atom is -0.493 e. The molecule has 1 atom stereocenters. The van der Waals surface area contributed by atoms with Gasteiger partial charge in [-0.05, 0) is 38.6 Å². The average molecular weight is 369 g/mol. The van der Waals surface area contributed by atoms with Crippen molar-refractivity contribution < 1.29 is 19.7 Å². The average Bonchev–Trinajstić information content (AvgIpc) is 2.59. The molecule has 1 aromatic rings. The standard InChI is InChI=1S/C20H36N2O4/c1-15(2)22(5)11-17(24)12-26-19-9-16(7-8-18(19)25-6)10-21-13-20(3,4)14-23/h7-9,15,17,21,23-24H,10-14H2,1-6H3/t17-/m0/s1. The molecule has 6 heteroatoms. The molecule has 3 N–H and O–H groups in total. The number of hydrogen-bond donors (Lipinski definition) is 3. The number of hydrogen-bond acceptors (Lipinski definition) is 6. The van der Waals surface area contributed by atoms with Gasteiger partial charge in [0, 0.05) is 37.7 Å². The van der Waals surface area contributed by atoms with Crippen LogP contribution in [0.3, 0.4) is 0 Å². The van der Waals surface area contributed by atoms with E-state index in [-0.39, 0.29) is 18.6 Å². The molecule has 26 heavy (non-hydrogen) atoms. The van der Waals surface area contributed by atoms with Gasteiger partial charge in [0.15, 0.2) is 11.5 Å². The van der Waals surface area contributed by atoms with Crippen LogP contribution in [0, 0.1) is 5.41 Å². The zero-order valence-corrected chi connectivity index (χ0v) is 17.1. The van der Waals surface area contributed by atoms with Gasteiger partial charge in [-0.1, -0.05) is 19.9 Å². The Kier molecular flexibility index (Phi) is 9.36. The molecule has 0 aliphatic rings. The van der Waals surface area contributed by atoms with Crippen LogP contribution in [0.2, 0.25) is 0 Å². The van der Waals surface area contributed by atoms with Crippen molar-refractivity contribution in [3.63, 3.8) is 0 Å². The minimum atomic E-state index is -0.570. The molecular weight excluding hydrogens is 332 g/mol. The van der Waals surface area contributed by atoms with Crippen LogP contribution in [0.5, 0.6) is 11.5 Å². The van der Waals surface area contributed by atoms with Crippen LogP contribution in [0.15, 0.2) is 18.2 Å². The van der Waals surface area contributed by atoms with Gasteiger partial charge < -0.3 is 29.9 Å². The van der Waals surface area contributed by atoms with Crippen molar-refractivity contribution in [2.45, 2.75) is 46.4 Å². The summed E-state index contributed by atoms with van der Waals surface area (Å²) in [5, 5.41) is 22.8. The predicted octanol–water partition coefficient (Wildman–Crippen LogP) is 1.88. The third-order valence-corrected chi connectivity index (χ3v) is 4.40. The van der Waals surface area contributed by atoms with Crippen molar-refractivity contribution in [3.8, 4) is 11.5 Å². The van der Waals surface area contributed by atoms with E-state index in [1.165, 1.54) is 0 Å². The van der Waals surface area contributed by atoms with Gasteiger partial charge in [-0.25, -0.2) is 0 Å². The summed E-state index contributed by atoms with van der Waals surface area (Å²) in [5.41, 5.74) is 0.904. The van der Waals surface area contributed by atoms with Crippen molar-refractivity contribution in [3.05, 3.63) is 23.8 Å². The first kappa shape index (κ1) is 22.7. The summed E-state index contributed by atoms with van der Waals surface area (Å²) in [6, 6.07) is 6.15. The van der Waals surface area contributed by atoms with Gasteiger partial charge in [-0.15, -0.1) is 0 Å². The molecule has 0 spiro atoms. The SMILES string of the molecule is COc1ccc(CNCC(C)(C)CO)cc1OC[C@@H](O)CN(C)C(C)C. The highest BCUT2D eigenvalue weighted by molar-refractivity contribution is 5.43. The Morgan fingerprint density at radius 3 is 2.50 bits per heavy atom. The third kappa shape index (κ3) is 7.91. The van der Waals surface area contributed by atoms with Crippen molar-refractivity contribution in [2.75, 3.05) is 40.5 Å². The van der Waals surface area contributed by atoms with Gasteiger partial charge in [0.1, 0.15) is 12.7 Å². The molecule has 1 aromatic carbocycles. The number of ether oxygens (including phenoxy) is 2. The number of nitrogens with zero attached hydrogens (tertiary/aromatic N) is 1. The Bertz CT molecular complexity index is 535. The van der Waals surface area contributed by atoms with Gasteiger partial charge in [-0.3, -0.25) is 0 Å². The molecule has 0 amide bonds. The monoisotopic (exact) mass is 368 g/mol. The molecule has 1 rings (SSSR count). The quantitative estimate of drug-likeness (QED) is 0.523. The molecule has 0 radical (unpaired) electrons. The molecule has 0 aliphatic heterocycles. The topological polar surface area (TPSA) is 74.2 Å². The number of benzene rings is 1. The van der Waals surface area contributed by atoms with Gasteiger partial charge in [0.05, 0.1) is 7.11 Å². The summed E-state index contributed by atoms with van der Waals surface area (Å²) in [6.45, 7) is 10.5. The zero-order valence-electron chi connectivity index (χ0n) is 17.1. The van der Waals surface area contributed by atoms with Crippen LogP contribution in [0.25, 0.3) is 0 Å². The second kappa shape index (κ2) is 10.7. The highest BCUT2D eigenvalue weighted by Crippen LogP contribution is 2.28. The Labute approximate surface area is 158 Å². The Morgan fingerprint density at radius 2 is 1.92 bits per heavy atom. The summed E-state index contributed by atoms with van der Waals surface area (Å²) in [4.78, 5) is 2.08. The first-order valence-electron chi connectivity index (χ1n) is 9.18. The van der Waals surface area contributed by atoms with E-state index in [4.69, 9.17) is 9.47 Å². The maximum absolute atomic E-state index is 10.2. The highest BCUT2D eigenvalue weighted by Gasteiger charge is 2.16. The molecule has 0 fully saturated rings. The second-order valence-corrected chi connectivity index (χ2v) is 7.91. The van der Waals surface area contributed by atoms with Crippen molar-refractivity contribution in [2.24, 2.45) is 5.41 Å². The van der Waals surface area contributed by atoms with E-state index in [0.29, 0.717) is 37.2 Å². The molecule has 0 unspecified atom stereocenters. The second-order valence-electron chi connectivity index (χ2n) is 7.91. The minimum absolute atomic E-state index is 0.139. The summed E-state index contributed by atoms with van der Waals surface area (Å²) < 4.78 is 11.2. The van der Waals surface area contributed by atoms with Crippen molar-refractivity contribution in [1.82, 2.24) is 10.2 Å². The fourth-order valence-corrected chi connectivity index (χ4v) is 2.33. The van der Waals surface area contributed by atoms with E-state index in [1.807, 2.05) is 39.1 Å². The first-order valence-corrected chi connectivity index (χ1v) is 9.18. The molecule has 0 bridgehead atoms. The fraction of sp³-hybridized carbons (Fsp3) is 0.700. The molecule has 150 valence electrons. The van der Waals surface area contributed by atoms with Gasteiger partial charge in [0.2, 0.25) is 0 Å². The summed E-state index contributed by atoms with van der Waals surface area (Å²) in [6.07, 6.45) is -0.570. The lowest BCUT2D eigenvalue weighted by Gasteiger charge is -2.24. The normalized spacial score (nSPS) is 13.3. The molecule has 0 saturated carbocycles. The van der Waals surface area contributed by atoms with Crippen LogP contribution >= 0.6 is 0 Å². The van der Waals surface area contributed by atoms with E-state index in [1.54, 1.807) is 7.11 Å². The van der Waals surface area contributed by atoms with E-state index in [9.17, 15) is 10.2 Å². The largest absolute Gasteiger partial charge is 0.493 e. The number of likely N-dealkylation sites (N-methyl/N-ethyl adjacent to an activating group) is 1. The van der Waals surface area contributed by atoms with E-state index >= 15 is 0 Å². The highest BCUT2D eigenvalue weighted by atomic mass is 16.5. The lowest BCUT2D eigenvalue weighted by molar-refractivity contribution is 0.0668. The summed E-state index contributed by atoms with van der Waals surface area (Å²) in [5.74, 6) is 1.27. The Balaban J connectivity index is 2.63. The van der Waals surface area contributed by atoms with Gasteiger partial charge in [0.25, 0.3) is 0 Å².